The third-order valence-electron chi connectivity index (χ3n) is 3.16. The van der Waals surface area contributed by atoms with Crippen molar-refractivity contribution >= 4 is 69.3 Å². The zero-order valence-electron chi connectivity index (χ0n) is 13.9. The Balaban J connectivity index is 2.04. The van der Waals surface area contributed by atoms with Gasteiger partial charge in [0.1, 0.15) is 5.92 Å². The predicted octanol–water partition coefficient (Wildman–Crippen LogP) is 3.84. The number of halogens is 2. The Hall–Kier alpha value is -1.90. The van der Waals surface area contributed by atoms with E-state index in [0.29, 0.717) is 15.7 Å². The van der Waals surface area contributed by atoms with Gasteiger partial charge in [-0.15, -0.1) is 0 Å². The largest absolute Gasteiger partial charge is 0.465 e. The Bertz CT molecular complexity index is 790. The molecule has 0 radical (unpaired) electrons. The molecule has 26 heavy (non-hydrogen) atoms. The highest BCUT2D eigenvalue weighted by molar-refractivity contribution is 8.14. The molecular weight excluding hydrogens is 401 g/mol. The molecule has 0 fully saturated rings. The number of aliphatic imine (C=N–C) groups is 2. The molecule has 0 aromatic heterocycles. The molecule has 1 aliphatic heterocycles. The highest BCUT2D eigenvalue weighted by Crippen LogP contribution is 2.24. The molecule has 0 spiro atoms. The molecule has 1 unspecified atom stereocenters. The summed E-state index contributed by atoms with van der Waals surface area (Å²) in [4.78, 5) is 43.2. The number of nitrogens with zero attached hydrogens (tertiary/aromatic N) is 2. The van der Waals surface area contributed by atoms with Crippen LogP contribution in [0, 0.1) is 5.92 Å². The molecule has 1 aliphatic rings. The number of esters is 1. The van der Waals surface area contributed by atoms with Crippen molar-refractivity contribution in [3.05, 3.63) is 28.2 Å². The van der Waals surface area contributed by atoms with Gasteiger partial charge < -0.3 is 10.1 Å². The summed E-state index contributed by atoms with van der Waals surface area (Å²) in [5, 5.41) is 3.59. The van der Waals surface area contributed by atoms with E-state index < -0.39 is 17.9 Å². The van der Waals surface area contributed by atoms with Gasteiger partial charge in [0.2, 0.25) is 5.91 Å². The van der Waals surface area contributed by atoms with Crippen LogP contribution in [0.5, 0.6) is 0 Å². The van der Waals surface area contributed by atoms with E-state index in [0.717, 1.165) is 11.8 Å². The Morgan fingerprint density at radius 3 is 2.50 bits per heavy atom. The predicted molar refractivity (Wildman–Crippen MR) is 104 cm³/mol. The first-order valence-corrected chi connectivity index (χ1v) is 9.27. The van der Waals surface area contributed by atoms with E-state index >= 15 is 0 Å². The SMILES string of the molecule is CCOC(=O)C1C(C)=NC(=O)N=C1SCC(=O)Nc1cc(Cl)cc(Cl)c1. The molecule has 1 atom stereocenters. The normalized spacial score (nSPS) is 16.6. The number of benzene rings is 1. The summed E-state index contributed by atoms with van der Waals surface area (Å²) in [6, 6.07) is 3.93. The Morgan fingerprint density at radius 2 is 1.88 bits per heavy atom. The van der Waals surface area contributed by atoms with Gasteiger partial charge in [-0.3, -0.25) is 9.59 Å². The van der Waals surface area contributed by atoms with Crippen LogP contribution in [0.4, 0.5) is 10.5 Å². The minimum Gasteiger partial charge on any atom is -0.465 e. The topological polar surface area (TPSA) is 97.2 Å². The number of hydrogen-bond donors (Lipinski definition) is 1. The Morgan fingerprint density at radius 1 is 1.23 bits per heavy atom. The standard InChI is InChI=1S/C16H15Cl2N3O4S/c1-3-25-15(23)13-8(2)19-16(24)21-14(13)26-7-12(22)20-11-5-9(17)4-10(18)6-11/h4-6,13H,3,7H2,1-2H3,(H,20,22). The molecule has 3 amide bonds. The summed E-state index contributed by atoms with van der Waals surface area (Å²) in [6.07, 6.45) is 0. The number of ether oxygens (including phenoxy) is 1. The maximum absolute atomic E-state index is 12.1. The van der Waals surface area contributed by atoms with Crippen molar-refractivity contribution in [2.45, 2.75) is 13.8 Å². The van der Waals surface area contributed by atoms with Crippen LogP contribution in [0.15, 0.2) is 28.2 Å². The molecule has 0 saturated heterocycles. The molecule has 1 N–H and O–H groups in total. The van der Waals surface area contributed by atoms with Crippen molar-refractivity contribution in [2.24, 2.45) is 15.9 Å². The Kier molecular flexibility index (Phi) is 7.19. The summed E-state index contributed by atoms with van der Waals surface area (Å²) < 4.78 is 4.99. The maximum atomic E-state index is 12.1. The first kappa shape index (κ1) is 20.4. The van der Waals surface area contributed by atoms with Crippen molar-refractivity contribution < 1.29 is 19.1 Å². The molecule has 10 heteroatoms. The van der Waals surface area contributed by atoms with Gasteiger partial charge >= 0.3 is 12.0 Å². The Labute approximate surface area is 164 Å². The summed E-state index contributed by atoms with van der Waals surface area (Å²) in [5.74, 6) is -1.88. The fourth-order valence-electron chi connectivity index (χ4n) is 2.15. The fraction of sp³-hybridized carbons (Fsp3) is 0.312. The summed E-state index contributed by atoms with van der Waals surface area (Å²) in [7, 11) is 0. The van der Waals surface area contributed by atoms with Crippen molar-refractivity contribution in [3.63, 3.8) is 0 Å². The van der Waals surface area contributed by atoms with E-state index in [1.54, 1.807) is 32.0 Å². The number of nitrogens with one attached hydrogen (secondary N) is 1. The molecule has 1 aromatic carbocycles. The average Bonchev–Trinajstić information content (AvgIpc) is 2.51. The lowest BCUT2D eigenvalue weighted by atomic mass is 10.1. The molecule has 0 bridgehead atoms. The second-order valence-electron chi connectivity index (χ2n) is 5.17. The van der Waals surface area contributed by atoms with Crippen LogP contribution in [0.2, 0.25) is 10.0 Å². The number of rotatable bonds is 5. The number of anilines is 1. The van der Waals surface area contributed by atoms with Crippen LogP contribution < -0.4 is 5.32 Å². The minimum absolute atomic E-state index is 0.0700. The molecule has 0 saturated carbocycles. The van der Waals surface area contributed by atoms with Crippen LogP contribution in [0.25, 0.3) is 0 Å². The van der Waals surface area contributed by atoms with Crippen LogP contribution in [0.3, 0.4) is 0 Å². The van der Waals surface area contributed by atoms with Crippen LogP contribution >= 0.6 is 35.0 Å². The summed E-state index contributed by atoms with van der Waals surface area (Å²) >= 11 is 12.7. The van der Waals surface area contributed by atoms with Gasteiger partial charge in [0.05, 0.1) is 17.4 Å². The van der Waals surface area contributed by atoms with Crippen LogP contribution in [-0.4, -0.2) is 41.0 Å². The van der Waals surface area contributed by atoms with E-state index in [1.165, 1.54) is 0 Å². The maximum Gasteiger partial charge on any atom is 0.367 e. The quantitative estimate of drug-likeness (QED) is 0.736. The van der Waals surface area contributed by atoms with Gasteiger partial charge in [0.15, 0.2) is 0 Å². The van der Waals surface area contributed by atoms with Gasteiger partial charge in [-0.1, -0.05) is 35.0 Å². The number of thioether (sulfide) groups is 1. The molecule has 7 nitrogen and oxygen atoms in total. The minimum atomic E-state index is -0.883. The third-order valence-corrected chi connectivity index (χ3v) is 4.63. The molecule has 0 aliphatic carbocycles. The first-order chi connectivity index (χ1) is 12.3. The van der Waals surface area contributed by atoms with E-state index in [1.807, 2.05) is 0 Å². The third kappa shape index (κ3) is 5.55. The smallest absolute Gasteiger partial charge is 0.367 e. The van der Waals surface area contributed by atoms with Crippen molar-refractivity contribution in [1.29, 1.82) is 0 Å². The second-order valence-corrected chi connectivity index (χ2v) is 7.03. The zero-order valence-corrected chi connectivity index (χ0v) is 16.2. The summed E-state index contributed by atoms with van der Waals surface area (Å²) in [5.41, 5.74) is 0.724. The first-order valence-electron chi connectivity index (χ1n) is 7.53. The van der Waals surface area contributed by atoms with E-state index in [-0.39, 0.29) is 29.0 Å². The lowest BCUT2D eigenvalue weighted by Crippen LogP contribution is -2.34. The number of hydrogen-bond acceptors (Lipinski definition) is 5. The lowest BCUT2D eigenvalue weighted by molar-refractivity contribution is -0.143. The van der Waals surface area contributed by atoms with Crippen LogP contribution in [-0.2, 0) is 14.3 Å². The lowest BCUT2D eigenvalue weighted by Gasteiger charge is -2.19. The fourth-order valence-corrected chi connectivity index (χ4v) is 3.61. The molecule has 2 rings (SSSR count). The van der Waals surface area contributed by atoms with Crippen molar-refractivity contribution in [3.8, 4) is 0 Å². The molecular formula is C16H15Cl2N3O4S. The van der Waals surface area contributed by atoms with Gasteiger partial charge in [-0.05, 0) is 32.0 Å². The monoisotopic (exact) mass is 415 g/mol. The van der Waals surface area contributed by atoms with Gasteiger partial charge in [0.25, 0.3) is 0 Å². The number of carbonyl (C=O) groups is 3. The van der Waals surface area contributed by atoms with E-state index in [9.17, 15) is 14.4 Å². The van der Waals surface area contributed by atoms with Crippen molar-refractivity contribution in [1.82, 2.24) is 0 Å². The van der Waals surface area contributed by atoms with Gasteiger partial charge in [-0.25, -0.2) is 4.79 Å². The highest BCUT2D eigenvalue weighted by Gasteiger charge is 2.33. The van der Waals surface area contributed by atoms with E-state index in [2.05, 4.69) is 15.3 Å². The number of carbonyl (C=O) groups excluding carboxylic acids is 3. The van der Waals surface area contributed by atoms with E-state index in [4.69, 9.17) is 27.9 Å². The number of urea groups is 1. The van der Waals surface area contributed by atoms with Crippen LogP contribution in [0.1, 0.15) is 13.8 Å². The average molecular weight is 416 g/mol. The van der Waals surface area contributed by atoms with Gasteiger partial charge in [-0.2, -0.15) is 9.98 Å². The van der Waals surface area contributed by atoms with Gasteiger partial charge in [0, 0.05) is 21.4 Å². The second kappa shape index (κ2) is 9.16. The molecule has 1 aromatic rings. The van der Waals surface area contributed by atoms with Crippen molar-refractivity contribution in [2.75, 3.05) is 17.7 Å². The highest BCUT2D eigenvalue weighted by atomic mass is 35.5. The molecule has 1 heterocycles. The summed E-state index contributed by atoms with van der Waals surface area (Å²) in [6.45, 7) is 3.40. The zero-order chi connectivity index (χ0) is 19.3. The number of amides is 3. The molecule has 138 valence electrons.